The van der Waals surface area contributed by atoms with E-state index in [-0.39, 0.29) is 5.56 Å². The molecule has 0 amide bonds. The van der Waals surface area contributed by atoms with Crippen molar-refractivity contribution in [2.45, 2.75) is 13.5 Å². The van der Waals surface area contributed by atoms with Gasteiger partial charge in [-0.25, -0.2) is 14.8 Å². The van der Waals surface area contributed by atoms with Crippen LogP contribution in [0.4, 0.5) is 11.4 Å². The Morgan fingerprint density at radius 2 is 2.19 bits per heavy atom. The number of nitro benzene ring substituents is 1. The molecule has 0 aliphatic rings. The van der Waals surface area contributed by atoms with Gasteiger partial charge in [0.15, 0.2) is 0 Å². The van der Waals surface area contributed by atoms with E-state index in [0.717, 1.165) is 11.8 Å². The molecule has 2 aromatic rings. The number of nitrogens with zero attached hydrogens (tertiary/aromatic N) is 3. The summed E-state index contributed by atoms with van der Waals surface area (Å²) in [4.78, 5) is 29.2. The Bertz CT molecular complexity index is 702. The van der Waals surface area contributed by atoms with Crippen LogP contribution in [0.25, 0.3) is 0 Å². The zero-order chi connectivity index (χ0) is 15.4. The van der Waals surface area contributed by atoms with Crippen LogP contribution in [0.1, 0.15) is 21.9 Å². The third kappa shape index (κ3) is 3.50. The van der Waals surface area contributed by atoms with E-state index in [0.29, 0.717) is 18.1 Å². The van der Waals surface area contributed by atoms with Crippen molar-refractivity contribution in [2.24, 2.45) is 0 Å². The highest BCUT2D eigenvalue weighted by molar-refractivity contribution is 5.93. The minimum Gasteiger partial charge on any atom is -0.477 e. The number of hydrogen-bond acceptors (Lipinski definition) is 6. The fraction of sp³-hybridized carbons (Fsp3) is 0.154. The number of carboxylic acid groups (broad SMARTS) is 1. The molecule has 1 aromatic heterocycles. The summed E-state index contributed by atoms with van der Waals surface area (Å²) in [6.45, 7) is 2.12. The maximum absolute atomic E-state index is 11.0. The summed E-state index contributed by atoms with van der Waals surface area (Å²) in [5, 5.41) is 22.7. The number of nitrogens with one attached hydrogen (secondary N) is 1. The summed E-state index contributed by atoms with van der Waals surface area (Å²) in [5.41, 5.74) is 0.404. The van der Waals surface area contributed by atoms with Gasteiger partial charge in [0.25, 0.3) is 5.69 Å². The minimum atomic E-state index is -1.34. The van der Waals surface area contributed by atoms with Crippen LogP contribution >= 0.6 is 0 Å². The topological polar surface area (TPSA) is 118 Å². The molecule has 0 radical (unpaired) electrons. The second kappa shape index (κ2) is 5.95. The van der Waals surface area contributed by atoms with E-state index in [1.54, 1.807) is 19.2 Å². The largest absolute Gasteiger partial charge is 0.477 e. The van der Waals surface area contributed by atoms with Gasteiger partial charge in [-0.05, 0) is 25.1 Å². The van der Waals surface area contributed by atoms with Crippen LogP contribution in [-0.4, -0.2) is 26.0 Å². The van der Waals surface area contributed by atoms with Crippen molar-refractivity contribution >= 4 is 17.3 Å². The van der Waals surface area contributed by atoms with Crippen molar-refractivity contribution in [1.29, 1.82) is 0 Å². The number of aromatic nitrogens is 2. The zero-order valence-electron chi connectivity index (χ0n) is 11.1. The molecule has 0 aliphatic heterocycles. The van der Waals surface area contributed by atoms with E-state index >= 15 is 0 Å². The highest BCUT2D eigenvalue weighted by Crippen LogP contribution is 2.23. The number of nitro groups is 1. The lowest BCUT2D eigenvalue weighted by atomic mass is 10.1. The van der Waals surface area contributed by atoms with Gasteiger partial charge in [-0.15, -0.1) is 0 Å². The van der Waals surface area contributed by atoms with E-state index in [1.807, 2.05) is 0 Å². The van der Waals surface area contributed by atoms with Gasteiger partial charge in [0.1, 0.15) is 11.4 Å². The normalized spacial score (nSPS) is 10.1. The second-order valence-electron chi connectivity index (χ2n) is 4.24. The van der Waals surface area contributed by atoms with Gasteiger partial charge in [-0.1, -0.05) is 0 Å². The van der Waals surface area contributed by atoms with E-state index in [1.165, 1.54) is 12.1 Å². The number of aryl methyl sites for hydroxylation is 1. The summed E-state index contributed by atoms with van der Waals surface area (Å²) in [6, 6.07) is 5.58. The third-order valence-corrected chi connectivity index (χ3v) is 2.73. The predicted molar refractivity (Wildman–Crippen MR) is 74.2 cm³/mol. The van der Waals surface area contributed by atoms with Crippen LogP contribution in [0.2, 0.25) is 0 Å². The van der Waals surface area contributed by atoms with Gasteiger partial charge in [0, 0.05) is 18.0 Å². The number of hydrogen-bond donors (Lipinski definition) is 2. The monoisotopic (exact) mass is 288 g/mol. The Hall–Kier alpha value is -3.03. The first kappa shape index (κ1) is 14.4. The Morgan fingerprint density at radius 1 is 1.43 bits per heavy atom. The first-order chi connectivity index (χ1) is 9.97. The predicted octanol–water partition coefficient (Wildman–Crippen LogP) is 2.00. The first-order valence-corrected chi connectivity index (χ1v) is 6.01. The summed E-state index contributed by atoms with van der Waals surface area (Å²) < 4.78 is 0. The van der Waals surface area contributed by atoms with Crippen LogP contribution in [0, 0.1) is 17.0 Å². The van der Waals surface area contributed by atoms with Gasteiger partial charge < -0.3 is 10.4 Å². The molecule has 0 fully saturated rings. The molecule has 108 valence electrons. The lowest BCUT2D eigenvalue weighted by Gasteiger charge is -2.07. The molecule has 0 atom stereocenters. The number of carboxylic acids is 1. The SMILES string of the molecule is Cc1nccc(CNc2ccc([N+](=O)[O-])c(C(=O)O)c2)n1. The molecular weight excluding hydrogens is 276 g/mol. The lowest BCUT2D eigenvalue weighted by molar-refractivity contribution is -0.385. The molecule has 2 N–H and O–H groups in total. The highest BCUT2D eigenvalue weighted by atomic mass is 16.6. The average Bonchev–Trinajstić information content (AvgIpc) is 2.44. The molecule has 0 aliphatic carbocycles. The van der Waals surface area contributed by atoms with E-state index in [9.17, 15) is 14.9 Å². The fourth-order valence-electron chi connectivity index (χ4n) is 1.77. The molecule has 1 heterocycles. The van der Waals surface area contributed by atoms with Crippen molar-refractivity contribution in [3.05, 3.63) is 57.7 Å². The van der Waals surface area contributed by atoms with Crippen LogP contribution in [0.3, 0.4) is 0 Å². The molecule has 0 spiro atoms. The number of anilines is 1. The summed E-state index contributed by atoms with van der Waals surface area (Å²) in [7, 11) is 0. The molecule has 0 saturated carbocycles. The van der Waals surface area contributed by atoms with Crippen molar-refractivity contribution in [3.8, 4) is 0 Å². The van der Waals surface area contributed by atoms with Gasteiger partial charge in [-0.2, -0.15) is 0 Å². The molecule has 21 heavy (non-hydrogen) atoms. The Balaban J connectivity index is 2.19. The molecular formula is C13H12N4O4. The zero-order valence-corrected chi connectivity index (χ0v) is 11.1. The molecule has 8 heteroatoms. The smallest absolute Gasteiger partial charge is 0.342 e. The van der Waals surface area contributed by atoms with Gasteiger partial charge in [0.05, 0.1) is 17.2 Å². The molecule has 8 nitrogen and oxygen atoms in total. The van der Waals surface area contributed by atoms with E-state index in [4.69, 9.17) is 5.11 Å². The average molecular weight is 288 g/mol. The number of carbonyl (C=O) groups is 1. The van der Waals surface area contributed by atoms with E-state index in [2.05, 4.69) is 15.3 Å². The fourth-order valence-corrected chi connectivity index (χ4v) is 1.77. The quantitative estimate of drug-likeness (QED) is 0.638. The summed E-state index contributed by atoms with van der Waals surface area (Å²) in [6.07, 6.45) is 1.62. The van der Waals surface area contributed by atoms with Crippen molar-refractivity contribution in [3.63, 3.8) is 0 Å². The maximum atomic E-state index is 11.0. The van der Waals surface area contributed by atoms with Crippen molar-refractivity contribution in [1.82, 2.24) is 9.97 Å². The first-order valence-electron chi connectivity index (χ1n) is 6.01. The third-order valence-electron chi connectivity index (χ3n) is 2.73. The number of aromatic carboxylic acids is 1. The highest BCUT2D eigenvalue weighted by Gasteiger charge is 2.19. The van der Waals surface area contributed by atoms with Crippen LogP contribution in [0.15, 0.2) is 30.5 Å². The molecule has 0 unspecified atom stereocenters. The standard InChI is InChI=1S/C13H12N4O4/c1-8-14-5-4-10(16-8)7-15-9-2-3-12(17(20)21)11(6-9)13(18)19/h2-6,15H,7H2,1H3,(H,18,19). The molecule has 0 saturated heterocycles. The number of benzene rings is 1. The van der Waals surface area contributed by atoms with Crippen LogP contribution in [-0.2, 0) is 6.54 Å². The minimum absolute atomic E-state index is 0.358. The Labute approximate surface area is 119 Å². The summed E-state index contributed by atoms with van der Waals surface area (Å²) >= 11 is 0. The van der Waals surface area contributed by atoms with Crippen LogP contribution < -0.4 is 5.32 Å². The van der Waals surface area contributed by atoms with Gasteiger partial charge >= 0.3 is 5.97 Å². The Kier molecular flexibility index (Phi) is 4.07. The molecule has 0 bridgehead atoms. The van der Waals surface area contributed by atoms with Gasteiger partial charge in [-0.3, -0.25) is 10.1 Å². The second-order valence-corrected chi connectivity index (χ2v) is 4.24. The van der Waals surface area contributed by atoms with E-state index < -0.39 is 16.6 Å². The number of rotatable bonds is 5. The maximum Gasteiger partial charge on any atom is 0.342 e. The van der Waals surface area contributed by atoms with Gasteiger partial charge in [0.2, 0.25) is 0 Å². The lowest BCUT2D eigenvalue weighted by Crippen LogP contribution is -2.06. The molecule has 1 aromatic carbocycles. The summed E-state index contributed by atoms with van der Waals surface area (Å²) in [5.74, 6) is -0.715. The molecule has 2 rings (SSSR count). The van der Waals surface area contributed by atoms with Crippen molar-refractivity contribution in [2.75, 3.05) is 5.32 Å². The van der Waals surface area contributed by atoms with Crippen molar-refractivity contribution < 1.29 is 14.8 Å². The Morgan fingerprint density at radius 3 is 2.81 bits per heavy atom. The van der Waals surface area contributed by atoms with Crippen LogP contribution in [0.5, 0.6) is 0 Å².